The molecule has 1 aromatic rings. The zero-order valence-electron chi connectivity index (χ0n) is 10.2. The number of amides is 1. The molecule has 1 aromatic carbocycles. The van der Waals surface area contributed by atoms with Gasteiger partial charge < -0.3 is 10.4 Å². The van der Waals surface area contributed by atoms with E-state index < -0.39 is 6.10 Å². The maximum atomic E-state index is 11.6. The van der Waals surface area contributed by atoms with Gasteiger partial charge in [-0.2, -0.15) is 0 Å². The number of anilines is 1. The van der Waals surface area contributed by atoms with Crippen molar-refractivity contribution in [3.8, 4) is 0 Å². The van der Waals surface area contributed by atoms with E-state index >= 15 is 0 Å². The summed E-state index contributed by atoms with van der Waals surface area (Å²) in [5, 5.41) is 13.3. The van der Waals surface area contributed by atoms with E-state index in [0.29, 0.717) is 17.0 Å². The van der Waals surface area contributed by atoms with Crippen LogP contribution in [0.3, 0.4) is 0 Å². The van der Waals surface area contributed by atoms with Crippen LogP contribution in [-0.2, 0) is 4.79 Å². The molecule has 0 aliphatic carbocycles. The third-order valence-corrected chi connectivity index (χ3v) is 3.91. The number of hydrogen-bond donors (Lipinski definition) is 2. The van der Waals surface area contributed by atoms with Crippen molar-refractivity contribution >= 4 is 23.2 Å². The number of nitrogens with one attached hydrogen (secondary N) is 1. The molecule has 0 spiro atoms. The van der Waals surface area contributed by atoms with E-state index in [1.165, 1.54) is 0 Å². The summed E-state index contributed by atoms with van der Waals surface area (Å²) in [5.74, 6) is -0.189. The minimum Gasteiger partial charge on any atom is -0.388 e. The number of halogens is 1. The molecule has 1 aliphatic rings. The Morgan fingerprint density at radius 3 is 2.82 bits per heavy atom. The van der Waals surface area contributed by atoms with E-state index in [1.807, 2.05) is 26.8 Å². The third-order valence-electron chi connectivity index (χ3n) is 3.41. The molecule has 1 amide bonds. The van der Waals surface area contributed by atoms with Crippen molar-refractivity contribution in [2.75, 3.05) is 5.32 Å². The molecule has 2 atom stereocenters. The molecule has 3 nitrogen and oxygen atoms in total. The Morgan fingerprint density at radius 1 is 1.59 bits per heavy atom. The van der Waals surface area contributed by atoms with Gasteiger partial charge in [0.2, 0.25) is 5.91 Å². The highest BCUT2D eigenvalue weighted by molar-refractivity contribution is 6.33. The SMILES string of the molecule is CCC(O)c1cc2c(c(C)c1Cl)NC(=O)C2C. The second-order valence-electron chi connectivity index (χ2n) is 4.50. The molecule has 0 saturated heterocycles. The number of fused-ring (bicyclic) bond motifs is 1. The van der Waals surface area contributed by atoms with E-state index in [2.05, 4.69) is 5.32 Å². The summed E-state index contributed by atoms with van der Waals surface area (Å²) < 4.78 is 0. The van der Waals surface area contributed by atoms with Gasteiger partial charge in [0.15, 0.2) is 0 Å². The average molecular weight is 254 g/mol. The van der Waals surface area contributed by atoms with Crippen molar-refractivity contribution in [1.82, 2.24) is 0 Å². The number of hydrogen-bond acceptors (Lipinski definition) is 2. The normalized spacial score (nSPS) is 20.1. The molecular formula is C13H16ClNO2. The van der Waals surface area contributed by atoms with Gasteiger partial charge in [0.1, 0.15) is 0 Å². The molecule has 0 radical (unpaired) electrons. The smallest absolute Gasteiger partial charge is 0.231 e. The molecule has 1 aliphatic heterocycles. The monoisotopic (exact) mass is 253 g/mol. The maximum Gasteiger partial charge on any atom is 0.231 e. The van der Waals surface area contributed by atoms with Gasteiger partial charge in [0.25, 0.3) is 0 Å². The fourth-order valence-corrected chi connectivity index (χ4v) is 2.46. The van der Waals surface area contributed by atoms with Gasteiger partial charge in [-0.3, -0.25) is 4.79 Å². The fraction of sp³-hybridized carbons (Fsp3) is 0.462. The molecule has 4 heteroatoms. The highest BCUT2D eigenvalue weighted by Crippen LogP contribution is 2.41. The number of carbonyl (C=O) groups excluding carboxylic acids is 1. The zero-order chi connectivity index (χ0) is 12.7. The van der Waals surface area contributed by atoms with Crippen molar-refractivity contribution in [1.29, 1.82) is 0 Å². The number of aliphatic hydroxyl groups is 1. The molecule has 0 fully saturated rings. The number of aliphatic hydroxyl groups excluding tert-OH is 1. The molecule has 2 unspecified atom stereocenters. The van der Waals surface area contributed by atoms with Gasteiger partial charge in [0.05, 0.1) is 17.0 Å². The molecule has 17 heavy (non-hydrogen) atoms. The second-order valence-corrected chi connectivity index (χ2v) is 4.88. The number of carbonyl (C=O) groups is 1. The minimum atomic E-state index is -0.575. The van der Waals surface area contributed by atoms with Crippen LogP contribution >= 0.6 is 11.6 Å². The van der Waals surface area contributed by atoms with Crippen molar-refractivity contribution < 1.29 is 9.90 Å². The lowest BCUT2D eigenvalue weighted by Gasteiger charge is -2.16. The maximum absolute atomic E-state index is 11.6. The molecule has 92 valence electrons. The van der Waals surface area contributed by atoms with Crippen LogP contribution < -0.4 is 5.32 Å². The molecule has 1 heterocycles. The highest BCUT2D eigenvalue weighted by Gasteiger charge is 2.30. The summed E-state index contributed by atoms with van der Waals surface area (Å²) in [6.07, 6.45) is 0.0302. The Labute approximate surface area is 106 Å². The summed E-state index contributed by atoms with van der Waals surface area (Å²) in [6.45, 7) is 5.62. The summed E-state index contributed by atoms with van der Waals surface area (Å²) in [4.78, 5) is 11.6. The largest absolute Gasteiger partial charge is 0.388 e. The molecular weight excluding hydrogens is 238 g/mol. The zero-order valence-corrected chi connectivity index (χ0v) is 10.9. The van der Waals surface area contributed by atoms with Crippen LogP contribution in [0, 0.1) is 6.92 Å². The van der Waals surface area contributed by atoms with Crippen LogP contribution in [0.15, 0.2) is 6.07 Å². The first-order chi connectivity index (χ1) is 7.97. The first-order valence-electron chi connectivity index (χ1n) is 5.79. The molecule has 0 saturated carbocycles. The Balaban J connectivity index is 2.61. The van der Waals surface area contributed by atoms with Gasteiger partial charge >= 0.3 is 0 Å². The van der Waals surface area contributed by atoms with Gasteiger partial charge in [-0.05, 0) is 43.0 Å². The molecule has 2 N–H and O–H groups in total. The third kappa shape index (κ3) is 1.83. The van der Waals surface area contributed by atoms with Crippen molar-refractivity contribution in [3.63, 3.8) is 0 Å². The first kappa shape index (κ1) is 12.4. The first-order valence-corrected chi connectivity index (χ1v) is 6.17. The molecule has 0 aromatic heterocycles. The van der Waals surface area contributed by atoms with E-state index in [1.54, 1.807) is 0 Å². The number of rotatable bonds is 2. The minimum absolute atomic E-state index is 0.0118. The lowest BCUT2D eigenvalue weighted by molar-refractivity contribution is -0.116. The van der Waals surface area contributed by atoms with Crippen LogP contribution in [0.2, 0.25) is 5.02 Å². The van der Waals surface area contributed by atoms with E-state index in [4.69, 9.17) is 11.6 Å². The predicted molar refractivity (Wildman–Crippen MR) is 68.5 cm³/mol. The topological polar surface area (TPSA) is 49.3 Å². The van der Waals surface area contributed by atoms with Crippen LogP contribution in [0.5, 0.6) is 0 Å². The van der Waals surface area contributed by atoms with E-state index in [9.17, 15) is 9.90 Å². The second kappa shape index (κ2) is 4.31. The predicted octanol–water partition coefficient (Wildman–Crippen LogP) is 3.15. The lowest BCUT2D eigenvalue weighted by atomic mass is 9.95. The summed E-state index contributed by atoms with van der Waals surface area (Å²) in [5.41, 5.74) is 3.29. The highest BCUT2D eigenvalue weighted by atomic mass is 35.5. The van der Waals surface area contributed by atoms with Gasteiger partial charge in [-0.1, -0.05) is 18.5 Å². The molecule has 0 bridgehead atoms. The molecule has 2 rings (SSSR count). The summed E-state index contributed by atoms with van der Waals surface area (Å²) in [6, 6.07) is 1.85. The quantitative estimate of drug-likeness (QED) is 0.851. The van der Waals surface area contributed by atoms with Crippen molar-refractivity contribution in [2.24, 2.45) is 0 Å². The Morgan fingerprint density at radius 2 is 2.24 bits per heavy atom. The van der Waals surface area contributed by atoms with Crippen LogP contribution in [0.25, 0.3) is 0 Å². The summed E-state index contributed by atoms with van der Waals surface area (Å²) >= 11 is 6.23. The van der Waals surface area contributed by atoms with Crippen molar-refractivity contribution in [2.45, 2.75) is 39.2 Å². The van der Waals surface area contributed by atoms with Crippen LogP contribution in [-0.4, -0.2) is 11.0 Å². The van der Waals surface area contributed by atoms with Crippen LogP contribution in [0.1, 0.15) is 49.0 Å². The Hall–Kier alpha value is -1.06. The van der Waals surface area contributed by atoms with Crippen LogP contribution in [0.4, 0.5) is 5.69 Å². The van der Waals surface area contributed by atoms with Gasteiger partial charge in [0, 0.05) is 5.69 Å². The average Bonchev–Trinajstić information content (AvgIpc) is 2.60. The standard InChI is InChI=1S/C13H16ClNO2/c1-4-10(16)9-5-8-6(2)13(17)15-12(8)7(3)11(9)14/h5-6,10,16H,4H2,1-3H3,(H,15,17). The van der Waals surface area contributed by atoms with Gasteiger partial charge in [-0.25, -0.2) is 0 Å². The lowest BCUT2D eigenvalue weighted by Crippen LogP contribution is -2.08. The van der Waals surface area contributed by atoms with E-state index in [0.717, 1.165) is 16.8 Å². The van der Waals surface area contributed by atoms with E-state index in [-0.39, 0.29) is 11.8 Å². The summed E-state index contributed by atoms with van der Waals surface area (Å²) in [7, 11) is 0. The fourth-order valence-electron chi connectivity index (χ4n) is 2.19. The van der Waals surface area contributed by atoms with Gasteiger partial charge in [-0.15, -0.1) is 0 Å². The Kier molecular flexibility index (Phi) is 3.15. The Bertz CT molecular complexity index is 485. The van der Waals surface area contributed by atoms with Crippen molar-refractivity contribution in [3.05, 3.63) is 27.8 Å². The number of benzene rings is 1.